The minimum Gasteiger partial charge on any atom is -0.479 e. The summed E-state index contributed by atoms with van der Waals surface area (Å²) < 4.78 is 22.1. The monoisotopic (exact) mass is 480 g/mol. The Hall–Kier alpha value is -4.05. The molecule has 0 aliphatic rings. The number of aromatic amines is 1. The van der Waals surface area contributed by atoms with E-state index in [2.05, 4.69) is 25.0 Å². The van der Waals surface area contributed by atoms with Crippen LogP contribution in [0.1, 0.15) is 19.7 Å². The number of halogens is 2. The number of benzene rings is 2. The van der Waals surface area contributed by atoms with Gasteiger partial charge in [0.25, 0.3) is 0 Å². The van der Waals surface area contributed by atoms with Crippen LogP contribution < -0.4 is 4.74 Å². The molecule has 0 radical (unpaired) electrons. The first kappa shape index (κ1) is 21.8. The van der Waals surface area contributed by atoms with Gasteiger partial charge >= 0.3 is 5.97 Å². The molecule has 2 aromatic carbocycles. The predicted octanol–water partition coefficient (Wildman–Crippen LogP) is 5.08. The van der Waals surface area contributed by atoms with E-state index in [0.29, 0.717) is 33.6 Å². The quantitative estimate of drug-likeness (QED) is 0.360. The van der Waals surface area contributed by atoms with E-state index in [-0.39, 0.29) is 22.0 Å². The molecule has 0 aliphatic carbocycles. The van der Waals surface area contributed by atoms with E-state index < -0.39 is 17.3 Å². The Morgan fingerprint density at radius 1 is 1.15 bits per heavy atom. The van der Waals surface area contributed by atoms with Gasteiger partial charge in [0, 0.05) is 11.8 Å². The zero-order chi connectivity index (χ0) is 24.2. The molecule has 0 unspecified atom stereocenters. The maximum Gasteiger partial charge on any atom is 0.331 e. The Kier molecular flexibility index (Phi) is 4.98. The fourth-order valence-corrected chi connectivity index (χ4v) is 3.69. The molecular weight excluding hydrogens is 463 g/mol. The average molecular weight is 481 g/mol. The van der Waals surface area contributed by atoms with Crippen LogP contribution in [0.3, 0.4) is 0 Å². The van der Waals surface area contributed by atoms with Crippen LogP contribution in [0.4, 0.5) is 4.39 Å². The van der Waals surface area contributed by atoms with Crippen molar-refractivity contribution < 1.29 is 19.0 Å². The highest BCUT2D eigenvalue weighted by atomic mass is 35.5. The van der Waals surface area contributed by atoms with Crippen LogP contribution in [-0.2, 0) is 10.3 Å². The highest BCUT2D eigenvalue weighted by Gasteiger charge is 2.30. The number of carboxylic acids is 1. The largest absolute Gasteiger partial charge is 0.479 e. The summed E-state index contributed by atoms with van der Waals surface area (Å²) in [6, 6.07) is 6.40. The number of fused-ring (bicyclic) bond motifs is 2. The first-order valence-corrected chi connectivity index (χ1v) is 10.6. The first-order valence-electron chi connectivity index (χ1n) is 10.2. The maximum absolute atomic E-state index is 14.9. The van der Waals surface area contributed by atoms with Crippen molar-refractivity contribution in [2.45, 2.75) is 26.3 Å². The number of ether oxygens (including phenoxy) is 1. The van der Waals surface area contributed by atoms with Crippen LogP contribution in [-0.4, -0.2) is 40.8 Å². The number of H-pyrrole nitrogens is 1. The van der Waals surface area contributed by atoms with Crippen molar-refractivity contribution >= 4 is 39.6 Å². The van der Waals surface area contributed by atoms with Crippen molar-refractivity contribution in [1.29, 1.82) is 0 Å². The third kappa shape index (κ3) is 3.52. The lowest BCUT2D eigenvalue weighted by atomic mass is 10.1. The molecule has 34 heavy (non-hydrogen) atoms. The zero-order valence-corrected chi connectivity index (χ0v) is 19.1. The second-order valence-corrected chi connectivity index (χ2v) is 8.61. The molecule has 0 amide bonds. The summed E-state index contributed by atoms with van der Waals surface area (Å²) in [6.07, 6.45) is 4.63. The summed E-state index contributed by atoms with van der Waals surface area (Å²) in [5.41, 5.74) is 1.38. The summed E-state index contributed by atoms with van der Waals surface area (Å²) >= 11 is 6.58. The number of hydrogen-bond acceptors (Lipinski definition) is 6. The number of rotatable bonds is 5. The highest BCUT2D eigenvalue weighted by Crippen LogP contribution is 2.37. The second kappa shape index (κ2) is 7.77. The van der Waals surface area contributed by atoms with Gasteiger partial charge in [-0.2, -0.15) is 5.10 Å². The molecule has 5 aromatic rings. The van der Waals surface area contributed by atoms with Crippen LogP contribution in [0.25, 0.3) is 33.3 Å². The van der Waals surface area contributed by atoms with Crippen LogP contribution >= 0.6 is 11.6 Å². The fraction of sp³-hybridized carbons (Fsp3) is 0.174. The molecule has 5 rings (SSSR count). The topological polar surface area (TPSA) is 119 Å². The van der Waals surface area contributed by atoms with Gasteiger partial charge in [-0.25, -0.2) is 19.2 Å². The van der Waals surface area contributed by atoms with E-state index in [9.17, 15) is 14.3 Å². The molecule has 0 atom stereocenters. The Morgan fingerprint density at radius 2 is 1.88 bits per heavy atom. The summed E-state index contributed by atoms with van der Waals surface area (Å²) in [5.74, 6) is -0.820. The summed E-state index contributed by atoms with van der Waals surface area (Å²) in [6.45, 7) is 4.82. The minimum absolute atomic E-state index is 0.0151. The summed E-state index contributed by atoms with van der Waals surface area (Å²) in [7, 11) is 0. The van der Waals surface area contributed by atoms with Gasteiger partial charge in [-0.15, -0.1) is 0 Å². The first-order chi connectivity index (χ1) is 16.1. The van der Waals surface area contributed by atoms with Crippen molar-refractivity contribution in [1.82, 2.24) is 29.7 Å². The number of carboxylic acid groups (broad SMARTS) is 1. The number of aryl methyl sites for hydroxylation is 1. The van der Waals surface area contributed by atoms with Gasteiger partial charge in [0.1, 0.15) is 27.6 Å². The lowest BCUT2D eigenvalue weighted by Crippen LogP contribution is -2.35. The number of nitrogens with one attached hydrogen (secondary N) is 1. The van der Waals surface area contributed by atoms with Crippen molar-refractivity contribution in [3.8, 4) is 22.8 Å². The van der Waals surface area contributed by atoms with Gasteiger partial charge in [-0.1, -0.05) is 11.6 Å². The number of hydrogen-bond donors (Lipinski definition) is 2. The number of nitrogens with zero attached hydrogens (tertiary/aromatic N) is 5. The number of aliphatic carboxylic acids is 1. The highest BCUT2D eigenvalue weighted by molar-refractivity contribution is 6.36. The molecule has 2 N–H and O–H groups in total. The van der Waals surface area contributed by atoms with E-state index in [0.717, 1.165) is 0 Å². The number of carbonyl (C=O) groups is 1. The van der Waals surface area contributed by atoms with Gasteiger partial charge in [0.15, 0.2) is 17.1 Å². The summed E-state index contributed by atoms with van der Waals surface area (Å²) in [4.78, 5) is 27.6. The van der Waals surface area contributed by atoms with E-state index in [1.54, 1.807) is 51.4 Å². The van der Waals surface area contributed by atoms with Crippen molar-refractivity contribution in [3.05, 3.63) is 59.5 Å². The molecule has 3 aromatic heterocycles. The second-order valence-electron chi connectivity index (χ2n) is 8.23. The Bertz CT molecular complexity index is 1590. The fourth-order valence-electron chi connectivity index (χ4n) is 3.45. The molecule has 11 heteroatoms. The van der Waals surface area contributed by atoms with E-state index in [1.807, 2.05) is 0 Å². The molecule has 0 bridgehead atoms. The van der Waals surface area contributed by atoms with E-state index in [4.69, 9.17) is 16.3 Å². The Labute approximate surface area is 197 Å². The SMILES string of the molecule is Cc1nc2ccc(Oc3ccc4ncc(-c5cnn(C(C)(C)C(=O)O)c5)nc4c3Cl)c(F)c2[nH]1. The van der Waals surface area contributed by atoms with Crippen molar-refractivity contribution in [2.24, 2.45) is 0 Å². The summed E-state index contributed by atoms with van der Waals surface area (Å²) in [5, 5.41) is 13.7. The molecule has 0 spiro atoms. The third-order valence-corrected chi connectivity index (χ3v) is 5.86. The molecule has 0 aliphatic heterocycles. The predicted molar refractivity (Wildman–Crippen MR) is 124 cm³/mol. The molecule has 0 fully saturated rings. The lowest BCUT2D eigenvalue weighted by molar-refractivity contribution is -0.146. The Balaban J connectivity index is 1.53. The molecular formula is C23H18ClFN6O3. The van der Waals surface area contributed by atoms with Crippen LogP contribution in [0.2, 0.25) is 5.02 Å². The van der Waals surface area contributed by atoms with Crippen LogP contribution in [0.5, 0.6) is 11.5 Å². The molecule has 3 heterocycles. The number of imidazole rings is 1. The lowest BCUT2D eigenvalue weighted by Gasteiger charge is -2.19. The van der Waals surface area contributed by atoms with Gasteiger partial charge in [0.2, 0.25) is 0 Å². The maximum atomic E-state index is 14.9. The third-order valence-electron chi connectivity index (χ3n) is 5.49. The van der Waals surface area contributed by atoms with E-state index in [1.165, 1.54) is 16.9 Å². The van der Waals surface area contributed by atoms with Gasteiger partial charge < -0.3 is 14.8 Å². The normalized spacial score (nSPS) is 11.9. The number of aromatic nitrogens is 6. The molecule has 0 saturated carbocycles. The van der Waals surface area contributed by atoms with Crippen LogP contribution in [0.15, 0.2) is 42.9 Å². The standard InChI is InChI=1S/C23H18ClFN6O3/c1-11-28-14-5-7-17(19(25)21(14)29-11)34-16-6-4-13-20(18(16)24)30-15(9-26-13)12-8-27-31(10-12)23(2,3)22(32)33/h4-10H,1-3H3,(H,28,29)(H,32,33). The van der Waals surface area contributed by atoms with Gasteiger partial charge in [-0.05, 0) is 45.0 Å². The zero-order valence-electron chi connectivity index (χ0n) is 18.3. The van der Waals surface area contributed by atoms with Gasteiger partial charge in [0.05, 0.1) is 29.1 Å². The van der Waals surface area contributed by atoms with Crippen molar-refractivity contribution in [2.75, 3.05) is 0 Å². The average Bonchev–Trinajstić information content (AvgIpc) is 3.44. The minimum atomic E-state index is -1.24. The van der Waals surface area contributed by atoms with Gasteiger partial charge in [-0.3, -0.25) is 9.67 Å². The smallest absolute Gasteiger partial charge is 0.331 e. The molecule has 172 valence electrons. The molecule has 9 nitrogen and oxygen atoms in total. The van der Waals surface area contributed by atoms with Crippen molar-refractivity contribution in [3.63, 3.8) is 0 Å². The Morgan fingerprint density at radius 3 is 2.65 bits per heavy atom. The van der Waals surface area contributed by atoms with E-state index >= 15 is 0 Å². The molecule has 0 saturated heterocycles. The van der Waals surface area contributed by atoms with Crippen LogP contribution in [0, 0.1) is 12.7 Å².